The van der Waals surface area contributed by atoms with Crippen LogP contribution in [-0.4, -0.2) is 29.3 Å². The highest BCUT2D eigenvalue weighted by molar-refractivity contribution is 8.00. The van der Waals surface area contributed by atoms with Crippen molar-refractivity contribution in [3.8, 4) is 0 Å². The van der Waals surface area contributed by atoms with E-state index in [-0.39, 0.29) is 5.75 Å². The van der Waals surface area contributed by atoms with Crippen LogP contribution in [-0.2, 0) is 9.84 Å². The second-order valence-corrected chi connectivity index (χ2v) is 8.27. The van der Waals surface area contributed by atoms with E-state index in [1.165, 1.54) is 23.9 Å². The molecule has 3 rings (SSSR count). The van der Waals surface area contributed by atoms with Gasteiger partial charge in [-0.25, -0.2) is 13.4 Å². The molecule has 0 aliphatic heterocycles. The van der Waals surface area contributed by atoms with Crippen LogP contribution >= 0.6 is 23.4 Å². The van der Waals surface area contributed by atoms with Crippen molar-refractivity contribution in [1.82, 2.24) is 9.38 Å². The van der Waals surface area contributed by atoms with Gasteiger partial charge in [0.05, 0.1) is 22.4 Å². The lowest BCUT2D eigenvalue weighted by atomic mass is 10.4. The molecule has 1 aromatic carbocycles. The number of hydrogen-bond acceptors (Lipinski definition) is 4. The smallest absolute Gasteiger partial charge is 0.179 e. The minimum atomic E-state index is -3.30. The molecule has 2 heterocycles. The first-order valence-electron chi connectivity index (χ1n) is 6.59. The molecule has 114 valence electrons. The molecule has 0 fully saturated rings. The molecule has 0 amide bonds. The predicted octanol–water partition coefficient (Wildman–Crippen LogP) is 3.55. The number of fused-ring (bicyclic) bond motifs is 1. The number of hydrogen-bond donors (Lipinski definition) is 0. The predicted molar refractivity (Wildman–Crippen MR) is 89.4 cm³/mol. The summed E-state index contributed by atoms with van der Waals surface area (Å²) < 4.78 is 26.4. The fourth-order valence-electron chi connectivity index (χ4n) is 2.03. The Balaban J connectivity index is 1.68. The molecule has 0 saturated carbocycles. The van der Waals surface area contributed by atoms with Gasteiger partial charge in [-0.15, -0.1) is 0 Å². The number of nitrogens with zero attached hydrogens (tertiary/aromatic N) is 2. The summed E-state index contributed by atoms with van der Waals surface area (Å²) in [5, 5.41) is 1.32. The molecule has 7 heteroatoms. The van der Waals surface area contributed by atoms with Crippen molar-refractivity contribution in [3.63, 3.8) is 0 Å². The number of thioether (sulfide) groups is 1. The molecule has 0 aliphatic carbocycles. The lowest BCUT2D eigenvalue weighted by Crippen LogP contribution is -2.09. The van der Waals surface area contributed by atoms with Gasteiger partial charge in [0, 0.05) is 17.0 Å². The zero-order chi connectivity index (χ0) is 15.6. The highest BCUT2D eigenvalue weighted by Crippen LogP contribution is 2.21. The summed E-state index contributed by atoms with van der Waals surface area (Å²) in [4.78, 5) is 4.61. The van der Waals surface area contributed by atoms with E-state index in [0.29, 0.717) is 15.7 Å². The van der Waals surface area contributed by atoms with Crippen LogP contribution in [0.4, 0.5) is 0 Å². The monoisotopic (exact) mass is 352 g/mol. The third kappa shape index (κ3) is 3.29. The zero-order valence-corrected chi connectivity index (χ0v) is 13.9. The van der Waals surface area contributed by atoms with Crippen LogP contribution in [0.2, 0.25) is 5.02 Å². The standard InChI is InChI=1S/C15H13ClN2O2S2/c16-12-4-6-14(7-5-12)22(19,20)10-9-21-15-17-11-13-3-1-2-8-18(13)15/h1-8,11H,9-10H2. The number of sulfone groups is 1. The highest BCUT2D eigenvalue weighted by Gasteiger charge is 2.15. The molecule has 22 heavy (non-hydrogen) atoms. The van der Waals surface area contributed by atoms with Crippen LogP contribution in [0.1, 0.15) is 0 Å². The van der Waals surface area contributed by atoms with Gasteiger partial charge >= 0.3 is 0 Å². The summed E-state index contributed by atoms with van der Waals surface area (Å²) >= 11 is 7.21. The summed E-state index contributed by atoms with van der Waals surface area (Å²) in [6.45, 7) is 0. The molecule has 0 unspecified atom stereocenters. The molecule has 0 saturated heterocycles. The Morgan fingerprint density at radius 3 is 2.68 bits per heavy atom. The maximum absolute atomic E-state index is 12.3. The Kier molecular flexibility index (Phi) is 4.42. The van der Waals surface area contributed by atoms with Gasteiger partial charge in [-0.2, -0.15) is 0 Å². The van der Waals surface area contributed by atoms with E-state index >= 15 is 0 Å². The Morgan fingerprint density at radius 2 is 1.91 bits per heavy atom. The van der Waals surface area contributed by atoms with Gasteiger partial charge in [-0.1, -0.05) is 29.4 Å². The number of pyridine rings is 1. The fourth-order valence-corrected chi connectivity index (χ4v) is 4.77. The van der Waals surface area contributed by atoms with Crippen molar-refractivity contribution in [2.75, 3.05) is 11.5 Å². The normalized spacial score (nSPS) is 11.9. The first-order chi connectivity index (χ1) is 10.6. The van der Waals surface area contributed by atoms with Gasteiger partial charge in [0.15, 0.2) is 15.0 Å². The van der Waals surface area contributed by atoms with Gasteiger partial charge in [-0.05, 0) is 36.4 Å². The van der Waals surface area contributed by atoms with Crippen molar-refractivity contribution >= 4 is 38.7 Å². The van der Waals surface area contributed by atoms with Gasteiger partial charge in [0.2, 0.25) is 0 Å². The second kappa shape index (κ2) is 6.32. The molecule has 3 aromatic rings. The van der Waals surface area contributed by atoms with Gasteiger partial charge in [0.25, 0.3) is 0 Å². The third-order valence-electron chi connectivity index (χ3n) is 3.16. The molecule has 2 aromatic heterocycles. The van der Waals surface area contributed by atoms with Crippen LogP contribution in [0.3, 0.4) is 0 Å². The van der Waals surface area contributed by atoms with E-state index < -0.39 is 9.84 Å². The van der Waals surface area contributed by atoms with Gasteiger partial charge < -0.3 is 0 Å². The lowest BCUT2D eigenvalue weighted by Gasteiger charge is -2.04. The molecule has 0 bridgehead atoms. The van der Waals surface area contributed by atoms with Crippen molar-refractivity contribution in [1.29, 1.82) is 0 Å². The Labute approximate surface area is 138 Å². The van der Waals surface area contributed by atoms with Gasteiger partial charge in [0.1, 0.15) is 0 Å². The van der Waals surface area contributed by atoms with E-state index in [4.69, 9.17) is 11.6 Å². The van der Waals surface area contributed by atoms with Crippen LogP contribution in [0.15, 0.2) is 64.9 Å². The summed E-state index contributed by atoms with van der Waals surface area (Å²) in [6, 6.07) is 12.1. The van der Waals surface area contributed by atoms with Crippen molar-refractivity contribution in [3.05, 3.63) is 59.9 Å². The molecule has 0 atom stereocenters. The lowest BCUT2D eigenvalue weighted by molar-refractivity contribution is 0.597. The zero-order valence-electron chi connectivity index (χ0n) is 11.5. The average molecular weight is 353 g/mol. The minimum absolute atomic E-state index is 0.0566. The van der Waals surface area contributed by atoms with E-state index in [0.717, 1.165) is 10.7 Å². The maximum Gasteiger partial charge on any atom is 0.179 e. The van der Waals surface area contributed by atoms with Crippen molar-refractivity contribution in [2.45, 2.75) is 10.1 Å². The van der Waals surface area contributed by atoms with Gasteiger partial charge in [-0.3, -0.25) is 4.40 Å². The number of halogens is 1. The molecule has 4 nitrogen and oxygen atoms in total. The van der Waals surface area contributed by atoms with Crippen molar-refractivity contribution < 1.29 is 8.42 Å². The van der Waals surface area contributed by atoms with E-state index in [1.807, 2.05) is 28.8 Å². The molecule has 0 aliphatic rings. The Morgan fingerprint density at radius 1 is 1.14 bits per heavy atom. The third-order valence-corrected chi connectivity index (χ3v) is 6.37. The molecular formula is C15H13ClN2O2S2. The van der Waals surface area contributed by atoms with Crippen LogP contribution < -0.4 is 0 Å². The highest BCUT2D eigenvalue weighted by atomic mass is 35.5. The molecule has 0 radical (unpaired) electrons. The van der Waals surface area contributed by atoms with E-state index in [9.17, 15) is 8.42 Å². The maximum atomic E-state index is 12.3. The summed E-state index contributed by atoms with van der Waals surface area (Å²) in [6.07, 6.45) is 3.69. The van der Waals surface area contributed by atoms with Crippen LogP contribution in [0.5, 0.6) is 0 Å². The number of aromatic nitrogens is 2. The van der Waals surface area contributed by atoms with E-state index in [2.05, 4.69) is 4.98 Å². The first-order valence-corrected chi connectivity index (χ1v) is 9.61. The SMILES string of the molecule is O=S(=O)(CCSc1ncc2ccccn12)c1ccc(Cl)cc1. The number of imidazole rings is 1. The summed E-state index contributed by atoms with van der Waals surface area (Å²) in [7, 11) is -3.30. The van der Waals surface area contributed by atoms with E-state index in [1.54, 1.807) is 18.3 Å². The summed E-state index contributed by atoms with van der Waals surface area (Å²) in [5.74, 6) is 0.500. The van der Waals surface area contributed by atoms with Crippen LogP contribution in [0.25, 0.3) is 5.52 Å². The quantitative estimate of drug-likeness (QED) is 0.659. The van der Waals surface area contributed by atoms with Crippen LogP contribution in [0, 0.1) is 0 Å². The average Bonchev–Trinajstić information content (AvgIpc) is 2.91. The first kappa shape index (κ1) is 15.4. The second-order valence-electron chi connectivity index (χ2n) is 4.66. The largest absolute Gasteiger partial charge is 0.295 e. The number of rotatable bonds is 5. The minimum Gasteiger partial charge on any atom is -0.295 e. The number of benzene rings is 1. The topological polar surface area (TPSA) is 51.4 Å². The molecule has 0 N–H and O–H groups in total. The molecule has 0 spiro atoms. The summed E-state index contributed by atoms with van der Waals surface area (Å²) in [5.41, 5.74) is 0.991. The molecular weight excluding hydrogens is 340 g/mol. The van der Waals surface area contributed by atoms with Crippen molar-refractivity contribution in [2.24, 2.45) is 0 Å². The fraction of sp³-hybridized carbons (Fsp3) is 0.133. The Hall–Kier alpha value is -1.50. The Bertz CT molecular complexity index is 889.